The van der Waals surface area contributed by atoms with Gasteiger partial charge in [0.05, 0.1) is 5.02 Å². The van der Waals surface area contributed by atoms with Gasteiger partial charge in [0.25, 0.3) is 0 Å². The Hall–Kier alpha value is 0.470. The Morgan fingerprint density at radius 1 is 1.20 bits per heavy atom. The number of halogens is 3. The van der Waals surface area contributed by atoms with Gasteiger partial charge in [0.15, 0.2) is 0 Å². The molecule has 0 atom stereocenters. The maximum atomic E-state index is 5.86. The summed E-state index contributed by atoms with van der Waals surface area (Å²) in [4.78, 5) is 0. The van der Waals surface area contributed by atoms with Crippen LogP contribution in [0.3, 0.4) is 0 Å². The second kappa shape index (κ2) is 3.24. The molecule has 10 heavy (non-hydrogen) atoms. The Labute approximate surface area is 81.8 Å². The predicted octanol–water partition coefficient (Wildman–Crippen LogP) is 4.17. The summed E-state index contributed by atoms with van der Waals surface area (Å²) in [6, 6.07) is 3.96. The van der Waals surface area contributed by atoms with E-state index in [9.17, 15) is 0 Å². The van der Waals surface area contributed by atoms with Crippen LogP contribution in [0.15, 0.2) is 21.1 Å². The fourth-order valence-corrected chi connectivity index (χ4v) is 2.21. The fourth-order valence-electron chi connectivity index (χ4n) is 0.682. The van der Waals surface area contributed by atoms with Crippen molar-refractivity contribution in [3.8, 4) is 0 Å². The molecule has 0 radical (unpaired) electrons. The summed E-state index contributed by atoms with van der Waals surface area (Å²) in [5.74, 6) is 0. The third-order valence-corrected chi connectivity index (χ3v) is 3.24. The number of hydrogen-bond donors (Lipinski definition) is 0. The number of hydrogen-bond acceptors (Lipinski definition) is 0. The van der Waals surface area contributed by atoms with Gasteiger partial charge in [-0.2, -0.15) is 0 Å². The monoisotopic (exact) mass is 282 g/mol. The number of rotatable bonds is 0. The highest BCUT2D eigenvalue weighted by Gasteiger charge is 2.01. The van der Waals surface area contributed by atoms with E-state index >= 15 is 0 Å². The lowest BCUT2D eigenvalue weighted by Gasteiger charge is -1.99. The van der Waals surface area contributed by atoms with Crippen molar-refractivity contribution in [1.82, 2.24) is 0 Å². The van der Waals surface area contributed by atoms with Gasteiger partial charge in [-0.1, -0.05) is 11.6 Å². The van der Waals surface area contributed by atoms with Gasteiger partial charge in [-0.25, -0.2) is 0 Å². The van der Waals surface area contributed by atoms with Crippen LogP contribution >= 0.6 is 43.5 Å². The van der Waals surface area contributed by atoms with Gasteiger partial charge in [-0.3, -0.25) is 0 Å². The summed E-state index contributed by atoms with van der Waals surface area (Å²) in [7, 11) is 0. The van der Waals surface area contributed by atoms with Crippen molar-refractivity contribution < 1.29 is 0 Å². The van der Waals surface area contributed by atoms with Crippen LogP contribution in [0, 0.1) is 6.92 Å². The molecule has 0 aliphatic carbocycles. The van der Waals surface area contributed by atoms with Crippen molar-refractivity contribution >= 4 is 43.5 Å². The maximum absolute atomic E-state index is 5.86. The van der Waals surface area contributed by atoms with E-state index in [4.69, 9.17) is 11.6 Å². The quantitative estimate of drug-likeness (QED) is 0.627. The van der Waals surface area contributed by atoms with Gasteiger partial charge in [0, 0.05) is 8.95 Å². The van der Waals surface area contributed by atoms with Crippen molar-refractivity contribution in [1.29, 1.82) is 0 Å². The first-order valence-corrected chi connectivity index (χ1v) is 4.69. The fraction of sp³-hybridized carbons (Fsp3) is 0.143. The SMILES string of the molecule is Cc1cc(Br)c(Cl)c(Br)c1. The zero-order valence-electron chi connectivity index (χ0n) is 5.29. The van der Waals surface area contributed by atoms with Crippen LogP contribution in [0.25, 0.3) is 0 Å². The lowest BCUT2D eigenvalue weighted by atomic mass is 10.2. The predicted molar refractivity (Wildman–Crippen MR) is 51.6 cm³/mol. The summed E-state index contributed by atoms with van der Waals surface area (Å²) in [5.41, 5.74) is 1.18. The minimum absolute atomic E-state index is 0.727. The molecule has 1 aromatic rings. The summed E-state index contributed by atoms with van der Waals surface area (Å²) in [6.07, 6.45) is 0. The average molecular weight is 284 g/mol. The molecule has 0 unspecified atom stereocenters. The zero-order valence-corrected chi connectivity index (χ0v) is 9.22. The minimum Gasteiger partial charge on any atom is -0.0819 e. The van der Waals surface area contributed by atoms with Crippen molar-refractivity contribution in [2.45, 2.75) is 6.92 Å². The highest BCUT2D eigenvalue weighted by molar-refractivity contribution is 9.11. The van der Waals surface area contributed by atoms with E-state index in [0.717, 1.165) is 14.0 Å². The highest BCUT2D eigenvalue weighted by Crippen LogP contribution is 2.31. The molecule has 0 saturated carbocycles. The number of benzene rings is 1. The Balaban J connectivity index is 3.31. The van der Waals surface area contributed by atoms with Crippen molar-refractivity contribution in [2.75, 3.05) is 0 Å². The Bertz CT molecular complexity index is 235. The largest absolute Gasteiger partial charge is 0.0819 e. The lowest BCUT2D eigenvalue weighted by Crippen LogP contribution is -1.75. The molecule has 0 N–H and O–H groups in total. The van der Waals surface area contributed by atoms with Crippen LogP contribution < -0.4 is 0 Å². The van der Waals surface area contributed by atoms with Crippen LogP contribution in [0.2, 0.25) is 5.02 Å². The molecule has 0 amide bonds. The Morgan fingerprint density at radius 3 is 2.00 bits per heavy atom. The van der Waals surface area contributed by atoms with Gasteiger partial charge >= 0.3 is 0 Å². The first-order valence-electron chi connectivity index (χ1n) is 2.72. The molecule has 0 fully saturated rings. The molecule has 54 valence electrons. The van der Waals surface area contributed by atoms with Gasteiger partial charge in [-0.15, -0.1) is 0 Å². The van der Waals surface area contributed by atoms with Gasteiger partial charge in [-0.05, 0) is 56.5 Å². The van der Waals surface area contributed by atoms with Gasteiger partial charge in [0.2, 0.25) is 0 Å². The van der Waals surface area contributed by atoms with E-state index < -0.39 is 0 Å². The molecule has 0 aromatic heterocycles. The Kier molecular flexibility index (Phi) is 2.78. The van der Waals surface area contributed by atoms with E-state index in [-0.39, 0.29) is 0 Å². The van der Waals surface area contributed by atoms with Crippen molar-refractivity contribution in [2.24, 2.45) is 0 Å². The summed E-state index contributed by atoms with van der Waals surface area (Å²) in [6.45, 7) is 2.02. The van der Waals surface area contributed by atoms with Crippen LogP contribution in [0.4, 0.5) is 0 Å². The summed E-state index contributed by atoms with van der Waals surface area (Å²) in [5, 5.41) is 0.727. The molecule has 0 spiro atoms. The minimum atomic E-state index is 0.727. The standard InChI is InChI=1S/C7H5Br2Cl/c1-4-2-5(8)7(10)6(9)3-4/h2-3H,1H3. The molecule has 0 heterocycles. The van der Waals surface area contributed by atoms with E-state index in [1.165, 1.54) is 5.56 Å². The lowest BCUT2D eigenvalue weighted by molar-refractivity contribution is 1.43. The third-order valence-electron chi connectivity index (χ3n) is 1.13. The molecule has 0 nitrogen and oxygen atoms in total. The molecular formula is C7H5Br2Cl. The van der Waals surface area contributed by atoms with Gasteiger partial charge in [0.1, 0.15) is 0 Å². The molecule has 3 heteroatoms. The van der Waals surface area contributed by atoms with Crippen LogP contribution in [-0.2, 0) is 0 Å². The van der Waals surface area contributed by atoms with Crippen LogP contribution in [0.5, 0.6) is 0 Å². The molecular weight excluding hydrogens is 279 g/mol. The highest BCUT2D eigenvalue weighted by atomic mass is 79.9. The maximum Gasteiger partial charge on any atom is 0.0690 e. The first kappa shape index (κ1) is 8.57. The molecule has 1 aromatic carbocycles. The van der Waals surface area contributed by atoms with E-state index in [1.807, 2.05) is 19.1 Å². The second-order valence-corrected chi connectivity index (χ2v) is 4.13. The third kappa shape index (κ3) is 1.74. The molecule has 0 saturated heterocycles. The smallest absolute Gasteiger partial charge is 0.0690 e. The molecule has 1 rings (SSSR count). The van der Waals surface area contributed by atoms with E-state index in [2.05, 4.69) is 31.9 Å². The normalized spacial score (nSPS) is 10.0. The zero-order chi connectivity index (χ0) is 7.72. The first-order chi connectivity index (χ1) is 4.61. The van der Waals surface area contributed by atoms with Crippen molar-refractivity contribution in [3.05, 3.63) is 31.7 Å². The topological polar surface area (TPSA) is 0 Å². The summed E-state index contributed by atoms with van der Waals surface area (Å²) < 4.78 is 1.86. The van der Waals surface area contributed by atoms with E-state index in [1.54, 1.807) is 0 Å². The van der Waals surface area contributed by atoms with Crippen LogP contribution in [-0.4, -0.2) is 0 Å². The van der Waals surface area contributed by atoms with Crippen LogP contribution in [0.1, 0.15) is 5.56 Å². The van der Waals surface area contributed by atoms with Gasteiger partial charge < -0.3 is 0 Å². The average Bonchev–Trinajstić information content (AvgIpc) is 1.82. The Morgan fingerprint density at radius 2 is 1.60 bits per heavy atom. The van der Waals surface area contributed by atoms with Crippen molar-refractivity contribution in [3.63, 3.8) is 0 Å². The molecule has 0 aliphatic heterocycles. The summed E-state index contributed by atoms with van der Waals surface area (Å²) >= 11 is 12.5. The number of aryl methyl sites for hydroxylation is 1. The van der Waals surface area contributed by atoms with E-state index in [0.29, 0.717) is 0 Å². The molecule has 0 bridgehead atoms. The molecule has 0 aliphatic rings. The second-order valence-electron chi connectivity index (χ2n) is 2.04.